The first-order valence-corrected chi connectivity index (χ1v) is 8.05. The zero-order valence-corrected chi connectivity index (χ0v) is 13.8. The molecule has 1 saturated heterocycles. The average molecular weight is 298 g/mol. The van der Waals surface area contributed by atoms with E-state index in [4.69, 9.17) is 0 Å². The molecule has 0 aliphatic carbocycles. The highest BCUT2D eigenvalue weighted by atomic mass is 16.4. The van der Waals surface area contributed by atoms with Crippen LogP contribution in [0, 0.1) is 11.8 Å². The fourth-order valence-electron chi connectivity index (χ4n) is 2.80. The number of rotatable bonds is 7. The van der Waals surface area contributed by atoms with E-state index in [0.29, 0.717) is 24.8 Å². The summed E-state index contributed by atoms with van der Waals surface area (Å²) in [7, 11) is 0. The molecule has 1 fully saturated rings. The second kappa shape index (κ2) is 8.37. The maximum atomic E-state index is 12.1. The molecule has 1 heterocycles. The lowest BCUT2D eigenvalue weighted by atomic mass is 9.92. The number of likely N-dealkylation sites (tertiary alicyclic amines) is 1. The molecular weight excluding hydrogens is 268 g/mol. The Balaban J connectivity index is 2.43. The Morgan fingerprint density at radius 1 is 1.29 bits per heavy atom. The third-order valence-corrected chi connectivity index (χ3v) is 4.19. The van der Waals surface area contributed by atoms with Gasteiger partial charge in [-0.25, -0.2) is 0 Å². The lowest BCUT2D eigenvalue weighted by Crippen LogP contribution is -2.51. The minimum atomic E-state index is -0.817. The van der Waals surface area contributed by atoms with Crippen molar-refractivity contribution in [1.29, 1.82) is 0 Å². The molecule has 1 aliphatic heterocycles. The first-order chi connectivity index (χ1) is 9.79. The van der Waals surface area contributed by atoms with E-state index in [9.17, 15) is 14.7 Å². The first kappa shape index (κ1) is 18.0. The van der Waals surface area contributed by atoms with Gasteiger partial charge >= 0.3 is 5.97 Å². The molecule has 0 spiro atoms. The van der Waals surface area contributed by atoms with Gasteiger partial charge in [0.25, 0.3) is 0 Å². The van der Waals surface area contributed by atoms with Crippen LogP contribution in [0.5, 0.6) is 0 Å². The van der Waals surface area contributed by atoms with E-state index in [0.717, 1.165) is 19.3 Å². The van der Waals surface area contributed by atoms with Crippen LogP contribution in [0.25, 0.3) is 0 Å². The normalized spacial score (nSPS) is 24.8. The summed E-state index contributed by atoms with van der Waals surface area (Å²) in [5.41, 5.74) is 0. The van der Waals surface area contributed by atoms with Gasteiger partial charge in [0.2, 0.25) is 5.91 Å². The maximum absolute atomic E-state index is 12.1. The third kappa shape index (κ3) is 6.46. The Morgan fingerprint density at radius 2 is 1.95 bits per heavy atom. The van der Waals surface area contributed by atoms with Crippen LogP contribution in [-0.4, -0.2) is 47.1 Å². The standard InChI is InChI=1S/C16H30N2O3/c1-11(2)5-6-13(4)17-15(19)10-18-8-7-12(3)9-14(18)16(20)21/h11-14H,5-10H2,1-4H3,(H,17,19)(H,20,21). The van der Waals surface area contributed by atoms with Gasteiger partial charge in [-0.3, -0.25) is 14.5 Å². The number of carbonyl (C=O) groups excluding carboxylic acids is 1. The lowest BCUT2D eigenvalue weighted by Gasteiger charge is -2.35. The number of aliphatic carboxylic acids is 1. The zero-order valence-electron chi connectivity index (χ0n) is 13.8. The number of carboxylic acids is 1. The molecule has 122 valence electrons. The van der Waals surface area contributed by atoms with Gasteiger partial charge in [0, 0.05) is 6.04 Å². The van der Waals surface area contributed by atoms with Gasteiger partial charge in [-0.15, -0.1) is 0 Å². The molecule has 1 amide bonds. The predicted molar refractivity (Wildman–Crippen MR) is 83.1 cm³/mol. The molecule has 0 aromatic rings. The molecule has 0 bridgehead atoms. The average Bonchev–Trinajstić information content (AvgIpc) is 2.38. The molecule has 3 atom stereocenters. The number of carbonyl (C=O) groups is 2. The van der Waals surface area contributed by atoms with Crippen LogP contribution in [-0.2, 0) is 9.59 Å². The van der Waals surface area contributed by atoms with Crippen molar-refractivity contribution in [3.63, 3.8) is 0 Å². The van der Waals surface area contributed by atoms with Crippen molar-refractivity contribution in [1.82, 2.24) is 10.2 Å². The summed E-state index contributed by atoms with van der Waals surface area (Å²) >= 11 is 0. The molecule has 2 N–H and O–H groups in total. The Hall–Kier alpha value is -1.10. The number of hydrogen-bond acceptors (Lipinski definition) is 3. The maximum Gasteiger partial charge on any atom is 0.320 e. The SMILES string of the molecule is CC(C)CCC(C)NC(=O)CN1CCC(C)CC1C(=O)O. The topological polar surface area (TPSA) is 69.6 Å². The van der Waals surface area contributed by atoms with Gasteiger partial charge in [0.1, 0.15) is 6.04 Å². The summed E-state index contributed by atoms with van der Waals surface area (Å²) in [4.78, 5) is 25.2. The minimum absolute atomic E-state index is 0.0629. The van der Waals surface area contributed by atoms with Crippen molar-refractivity contribution in [2.45, 2.75) is 65.5 Å². The van der Waals surface area contributed by atoms with E-state index >= 15 is 0 Å². The monoisotopic (exact) mass is 298 g/mol. The summed E-state index contributed by atoms with van der Waals surface area (Å²) in [5, 5.41) is 12.3. The summed E-state index contributed by atoms with van der Waals surface area (Å²) < 4.78 is 0. The van der Waals surface area contributed by atoms with Gasteiger partial charge in [-0.05, 0) is 51.0 Å². The highest BCUT2D eigenvalue weighted by molar-refractivity contribution is 5.80. The molecule has 1 rings (SSSR count). The number of amides is 1. The van der Waals surface area contributed by atoms with Crippen molar-refractivity contribution in [2.75, 3.05) is 13.1 Å². The van der Waals surface area contributed by atoms with E-state index in [1.165, 1.54) is 0 Å². The van der Waals surface area contributed by atoms with Crippen LogP contribution in [0.4, 0.5) is 0 Å². The smallest absolute Gasteiger partial charge is 0.320 e. The summed E-state index contributed by atoms with van der Waals surface area (Å²) in [6, 6.07) is -0.377. The van der Waals surface area contributed by atoms with Crippen molar-refractivity contribution >= 4 is 11.9 Å². The van der Waals surface area contributed by atoms with Gasteiger partial charge in [0.15, 0.2) is 0 Å². The highest BCUT2D eigenvalue weighted by Gasteiger charge is 2.32. The fourth-order valence-corrected chi connectivity index (χ4v) is 2.80. The van der Waals surface area contributed by atoms with E-state index in [1.807, 2.05) is 6.92 Å². The Labute approximate surface area is 128 Å². The zero-order chi connectivity index (χ0) is 16.0. The number of nitrogens with zero attached hydrogens (tertiary/aromatic N) is 1. The molecular formula is C16H30N2O3. The molecule has 5 nitrogen and oxygen atoms in total. The number of piperidine rings is 1. The Morgan fingerprint density at radius 3 is 2.52 bits per heavy atom. The van der Waals surface area contributed by atoms with Crippen molar-refractivity contribution < 1.29 is 14.7 Å². The molecule has 21 heavy (non-hydrogen) atoms. The van der Waals surface area contributed by atoms with E-state index in [1.54, 1.807) is 4.90 Å². The number of nitrogens with one attached hydrogen (secondary N) is 1. The van der Waals surface area contributed by atoms with Gasteiger partial charge in [-0.1, -0.05) is 20.8 Å². The van der Waals surface area contributed by atoms with Crippen LogP contribution in [0.2, 0.25) is 0 Å². The summed E-state index contributed by atoms with van der Waals surface area (Å²) in [6.07, 6.45) is 3.63. The second-order valence-electron chi connectivity index (χ2n) is 6.89. The highest BCUT2D eigenvalue weighted by Crippen LogP contribution is 2.22. The Bertz CT molecular complexity index is 357. The van der Waals surface area contributed by atoms with Crippen LogP contribution in [0.15, 0.2) is 0 Å². The molecule has 5 heteroatoms. The van der Waals surface area contributed by atoms with Crippen LogP contribution in [0.3, 0.4) is 0 Å². The van der Waals surface area contributed by atoms with Crippen molar-refractivity contribution in [3.8, 4) is 0 Å². The van der Waals surface area contributed by atoms with E-state index in [-0.39, 0.29) is 18.5 Å². The van der Waals surface area contributed by atoms with Gasteiger partial charge in [0.05, 0.1) is 6.54 Å². The molecule has 1 aliphatic rings. The van der Waals surface area contributed by atoms with E-state index in [2.05, 4.69) is 26.1 Å². The van der Waals surface area contributed by atoms with Crippen LogP contribution < -0.4 is 5.32 Å². The van der Waals surface area contributed by atoms with Gasteiger partial charge < -0.3 is 10.4 Å². The molecule has 0 radical (unpaired) electrons. The second-order valence-corrected chi connectivity index (χ2v) is 6.89. The predicted octanol–water partition coefficient (Wildman–Crippen LogP) is 2.11. The summed E-state index contributed by atoms with van der Waals surface area (Å²) in [6.45, 7) is 9.29. The first-order valence-electron chi connectivity index (χ1n) is 8.05. The van der Waals surface area contributed by atoms with Crippen molar-refractivity contribution in [2.24, 2.45) is 11.8 Å². The molecule has 0 saturated carbocycles. The number of hydrogen-bond donors (Lipinski definition) is 2. The Kier molecular flexibility index (Phi) is 7.15. The van der Waals surface area contributed by atoms with Crippen LogP contribution in [0.1, 0.15) is 53.4 Å². The fraction of sp³-hybridized carbons (Fsp3) is 0.875. The largest absolute Gasteiger partial charge is 0.480 e. The summed E-state index contributed by atoms with van der Waals surface area (Å²) in [5.74, 6) is 0.161. The van der Waals surface area contributed by atoms with E-state index < -0.39 is 12.0 Å². The molecule has 3 unspecified atom stereocenters. The molecule has 0 aromatic carbocycles. The minimum Gasteiger partial charge on any atom is -0.480 e. The van der Waals surface area contributed by atoms with Crippen molar-refractivity contribution in [3.05, 3.63) is 0 Å². The lowest BCUT2D eigenvalue weighted by molar-refractivity contribution is -0.146. The number of carboxylic acid groups (broad SMARTS) is 1. The van der Waals surface area contributed by atoms with Crippen LogP contribution >= 0.6 is 0 Å². The molecule has 0 aromatic heterocycles. The third-order valence-electron chi connectivity index (χ3n) is 4.19. The quantitative estimate of drug-likeness (QED) is 0.755. The van der Waals surface area contributed by atoms with Gasteiger partial charge in [-0.2, -0.15) is 0 Å².